The van der Waals surface area contributed by atoms with E-state index in [4.69, 9.17) is 14.8 Å². The fourth-order valence-electron chi connectivity index (χ4n) is 4.53. The average molecular weight is 460 g/mol. The summed E-state index contributed by atoms with van der Waals surface area (Å²) < 4.78 is 6.12. The molecule has 1 aliphatic rings. The minimum Gasteiger partial charge on any atom is -0.489 e. The van der Waals surface area contributed by atoms with Crippen LogP contribution in [0, 0.1) is 26.7 Å². The van der Waals surface area contributed by atoms with Crippen molar-refractivity contribution in [1.82, 2.24) is 14.9 Å². The quantitative estimate of drug-likeness (QED) is 0.504. The molecule has 3 aromatic rings. The molecule has 0 bridgehead atoms. The molecule has 0 radical (unpaired) electrons. The second-order valence-corrected chi connectivity index (χ2v) is 9.55. The largest absolute Gasteiger partial charge is 0.489 e. The third-order valence-corrected chi connectivity index (χ3v) is 6.43. The van der Waals surface area contributed by atoms with Gasteiger partial charge in [-0.3, -0.25) is 9.69 Å². The number of hydrogen-bond donors (Lipinski definition) is 1. The molecule has 0 saturated carbocycles. The summed E-state index contributed by atoms with van der Waals surface area (Å²) in [5.41, 5.74) is 7.92. The molecule has 0 aliphatic carbocycles. The molecule has 34 heavy (non-hydrogen) atoms. The van der Waals surface area contributed by atoms with Gasteiger partial charge in [-0.05, 0) is 61.6 Å². The van der Waals surface area contributed by atoms with Crippen LogP contribution in [0.3, 0.4) is 0 Å². The van der Waals surface area contributed by atoms with E-state index in [2.05, 4.69) is 54.9 Å². The fourth-order valence-corrected chi connectivity index (χ4v) is 4.53. The Labute approximate surface area is 201 Å². The number of carboxylic acids is 1. The summed E-state index contributed by atoms with van der Waals surface area (Å²) in [6, 6.07) is 12.5. The molecule has 1 aliphatic heterocycles. The van der Waals surface area contributed by atoms with Crippen molar-refractivity contribution in [2.24, 2.45) is 5.92 Å². The van der Waals surface area contributed by atoms with Gasteiger partial charge < -0.3 is 9.84 Å². The highest BCUT2D eigenvalue weighted by molar-refractivity contribution is 5.67. The first-order chi connectivity index (χ1) is 16.3. The van der Waals surface area contributed by atoms with E-state index in [0.29, 0.717) is 6.61 Å². The Kier molecular flexibility index (Phi) is 7.27. The lowest BCUT2D eigenvalue weighted by molar-refractivity contribution is -0.138. The zero-order chi connectivity index (χ0) is 24.2. The number of aliphatic carboxylic acids is 1. The lowest BCUT2D eigenvalue weighted by Crippen LogP contribution is -2.35. The van der Waals surface area contributed by atoms with Gasteiger partial charge in [-0.15, -0.1) is 0 Å². The first-order valence-electron chi connectivity index (χ1n) is 11.9. The van der Waals surface area contributed by atoms with Crippen LogP contribution >= 0.6 is 0 Å². The van der Waals surface area contributed by atoms with Crippen LogP contribution in [0.15, 0.2) is 42.6 Å². The molecule has 178 valence electrons. The number of ether oxygens (including phenoxy) is 1. The van der Waals surface area contributed by atoms with Gasteiger partial charge in [0.25, 0.3) is 0 Å². The molecular weight excluding hydrogens is 426 g/mol. The minimum absolute atomic E-state index is 0.123. The molecule has 6 nitrogen and oxygen atoms in total. The Bertz CT molecular complexity index is 1190. The number of benzene rings is 2. The topological polar surface area (TPSA) is 75.6 Å². The van der Waals surface area contributed by atoms with Crippen LogP contribution in [0.5, 0.6) is 5.75 Å². The Morgan fingerprint density at radius 2 is 1.97 bits per heavy atom. The first kappa shape index (κ1) is 23.9. The van der Waals surface area contributed by atoms with Crippen molar-refractivity contribution in [1.29, 1.82) is 0 Å². The molecule has 1 unspecified atom stereocenters. The monoisotopic (exact) mass is 459 g/mol. The minimum atomic E-state index is -0.741. The molecule has 1 N–H and O–H groups in total. The third-order valence-electron chi connectivity index (χ3n) is 6.43. The van der Waals surface area contributed by atoms with Crippen molar-refractivity contribution in [3.05, 3.63) is 76.1 Å². The van der Waals surface area contributed by atoms with Crippen molar-refractivity contribution in [2.75, 3.05) is 13.1 Å². The van der Waals surface area contributed by atoms with E-state index >= 15 is 0 Å². The second kappa shape index (κ2) is 10.3. The Morgan fingerprint density at radius 3 is 2.74 bits per heavy atom. The number of fused-ring (bicyclic) bond motifs is 1. The smallest absolute Gasteiger partial charge is 0.303 e. The van der Waals surface area contributed by atoms with E-state index in [1.54, 1.807) is 0 Å². The van der Waals surface area contributed by atoms with E-state index in [0.717, 1.165) is 60.0 Å². The van der Waals surface area contributed by atoms with Crippen LogP contribution < -0.4 is 4.74 Å². The Balaban J connectivity index is 1.42. The summed E-state index contributed by atoms with van der Waals surface area (Å²) >= 11 is 0. The van der Waals surface area contributed by atoms with Gasteiger partial charge in [0, 0.05) is 49.8 Å². The zero-order valence-corrected chi connectivity index (χ0v) is 20.5. The molecule has 1 atom stereocenters. The molecule has 6 heteroatoms. The van der Waals surface area contributed by atoms with Crippen LogP contribution in [0.4, 0.5) is 0 Å². The Hall–Kier alpha value is -3.25. The average Bonchev–Trinajstić information content (AvgIpc) is 2.79. The fraction of sp³-hybridized carbons (Fsp3) is 0.393. The lowest BCUT2D eigenvalue weighted by atomic mass is 10.0. The molecular formula is C28H33N3O3. The van der Waals surface area contributed by atoms with Gasteiger partial charge in [0.1, 0.15) is 12.4 Å². The SMILES string of the molecule is Cc1ccc(C)c(COc2ccc(-c3ncc4c(n3)CCN(CC(C)CC(=O)O)C4)cc2C)c1. The summed E-state index contributed by atoms with van der Waals surface area (Å²) in [7, 11) is 0. The highest BCUT2D eigenvalue weighted by Gasteiger charge is 2.21. The van der Waals surface area contributed by atoms with E-state index in [1.165, 1.54) is 16.7 Å². The number of aromatic nitrogens is 2. The maximum atomic E-state index is 10.9. The Morgan fingerprint density at radius 1 is 1.15 bits per heavy atom. The van der Waals surface area contributed by atoms with E-state index in [9.17, 15) is 4.79 Å². The summed E-state index contributed by atoms with van der Waals surface area (Å²) in [5.74, 6) is 0.983. The normalized spacial score (nSPS) is 14.5. The highest BCUT2D eigenvalue weighted by Crippen LogP contribution is 2.27. The van der Waals surface area contributed by atoms with E-state index < -0.39 is 5.97 Å². The number of carbonyl (C=O) groups is 1. The molecule has 4 rings (SSSR count). The van der Waals surface area contributed by atoms with Crippen LogP contribution in [-0.2, 0) is 24.4 Å². The molecule has 0 fully saturated rings. The summed E-state index contributed by atoms with van der Waals surface area (Å²) in [6.07, 6.45) is 2.97. The standard InChI is InChI=1S/C28H33N3O3/c1-18-5-6-20(3)23(11-18)17-34-26-8-7-22(13-21(26)4)28-29-14-24-16-31(10-9-25(24)30-28)15-19(2)12-27(32)33/h5-8,11,13-14,19H,9-10,12,15-17H2,1-4H3,(H,32,33). The van der Waals surface area contributed by atoms with Gasteiger partial charge in [-0.2, -0.15) is 0 Å². The van der Waals surface area contributed by atoms with Crippen molar-refractivity contribution in [3.8, 4) is 17.1 Å². The van der Waals surface area contributed by atoms with Gasteiger partial charge in [-0.1, -0.05) is 30.7 Å². The maximum Gasteiger partial charge on any atom is 0.303 e. The van der Waals surface area contributed by atoms with Crippen molar-refractivity contribution in [2.45, 2.75) is 53.7 Å². The lowest BCUT2D eigenvalue weighted by Gasteiger charge is -2.29. The van der Waals surface area contributed by atoms with Crippen LogP contribution in [0.1, 0.15) is 46.9 Å². The molecule has 2 aromatic carbocycles. The van der Waals surface area contributed by atoms with E-state index in [-0.39, 0.29) is 12.3 Å². The molecule has 0 saturated heterocycles. The zero-order valence-electron chi connectivity index (χ0n) is 20.5. The summed E-state index contributed by atoms with van der Waals surface area (Å²) in [4.78, 5) is 22.7. The van der Waals surface area contributed by atoms with Crippen LogP contribution in [0.25, 0.3) is 11.4 Å². The second-order valence-electron chi connectivity index (χ2n) is 9.55. The van der Waals surface area contributed by atoms with Gasteiger partial charge in [0.15, 0.2) is 5.82 Å². The number of carboxylic acid groups (broad SMARTS) is 1. The molecule has 0 spiro atoms. The van der Waals surface area contributed by atoms with Gasteiger partial charge in [-0.25, -0.2) is 9.97 Å². The molecule has 0 amide bonds. The van der Waals surface area contributed by atoms with Gasteiger partial charge in [0.05, 0.1) is 5.69 Å². The molecule has 2 heterocycles. The van der Waals surface area contributed by atoms with Crippen LogP contribution in [0.2, 0.25) is 0 Å². The number of aryl methyl sites for hydroxylation is 3. The van der Waals surface area contributed by atoms with Crippen molar-refractivity contribution in [3.63, 3.8) is 0 Å². The third kappa shape index (κ3) is 5.81. The first-order valence-corrected chi connectivity index (χ1v) is 11.9. The predicted molar refractivity (Wildman–Crippen MR) is 133 cm³/mol. The summed E-state index contributed by atoms with van der Waals surface area (Å²) in [6.45, 7) is 11.2. The predicted octanol–water partition coefficient (Wildman–Crippen LogP) is 5.12. The maximum absolute atomic E-state index is 10.9. The summed E-state index contributed by atoms with van der Waals surface area (Å²) in [5, 5.41) is 9.00. The number of nitrogens with zero attached hydrogens (tertiary/aromatic N) is 3. The van der Waals surface area contributed by atoms with Gasteiger partial charge >= 0.3 is 5.97 Å². The van der Waals surface area contributed by atoms with Crippen LogP contribution in [-0.4, -0.2) is 39.0 Å². The number of rotatable bonds is 8. The van der Waals surface area contributed by atoms with E-state index in [1.807, 2.05) is 25.3 Å². The molecule has 1 aromatic heterocycles. The highest BCUT2D eigenvalue weighted by atomic mass is 16.5. The van der Waals surface area contributed by atoms with Crippen molar-refractivity contribution >= 4 is 5.97 Å². The van der Waals surface area contributed by atoms with Crippen molar-refractivity contribution < 1.29 is 14.6 Å². The number of hydrogen-bond acceptors (Lipinski definition) is 5. The van der Waals surface area contributed by atoms with Gasteiger partial charge in [0.2, 0.25) is 0 Å².